The van der Waals surface area contributed by atoms with Crippen LogP contribution in [0.4, 0.5) is 4.39 Å². The molecule has 0 amide bonds. The molecule has 0 unspecified atom stereocenters. The molecule has 3 N–H and O–H groups in total. The Labute approximate surface area is 149 Å². The Hall–Kier alpha value is -2.19. The van der Waals surface area contributed by atoms with Crippen LogP contribution in [0.5, 0.6) is 0 Å². The number of benzene rings is 1. The zero-order valence-corrected chi connectivity index (χ0v) is 14.5. The fraction of sp³-hybridized carbons (Fsp3) is 0.471. The summed E-state index contributed by atoms with van der Waals surface area (Å²) in [6.45, 7) is 3.85. The van der Waals surface area contributed by atoms with Gasteiger partial charge in [-0.2, -0.15) is 10.5 Å². The van der Waals surface area contributed by atoms with E-state index in [1.165, 1.54) is 18.2 Å². The summed E-state index contributed by atoms with van der Waals surface area (Å²) in [5.74, 6) is -3.15. The molecule has 2 aliphatic rings. The Morgan fingerprint density at radius 3 is 2.40 bits per heavy atom. The van der Waals surface area contributed by atoms with E-state index in [0.717, 1.165) is 0 Å². The third-order valence-corrected chi connectivity index (χ3v) is 5.31. The van der Waals surface area contributed by atoms with E-state index >= 15 is 0 Å². The molecule has 3 atom stereocenters. The average Bonchev–Trinajstić information content (AvgIpc) is 3.13. The smallest absolute Gasteiger partial charge is 0.314 e. The van der Waals surface area contributed by atoms with Crippen LogP contribution in [0.15, 0.2) is 18.2 Å². The molecule has 1 heterocycles. The number of amidine groups is 1. The van der Waals surface area contributed by atoms with Gasteiger partial charge in [0.15, 0.2) is 10.8 Å². The molecule has 3 rings (SSSR count). The van der Waals surface area contributed by atoms with Gasteiger partial charge in [0.25, 0.3) is 5.84 Å². The molecule has 8 heteroatoms. The van der Waals surface area contributed by atoms with Crippen LogP contribution >= 0.6 is 11.6 Å². The summed E-state index contributed by atoms with van der Waals surface area (Å²) >= 11 is 6.20. The van der Waals surface area contributed by atoms with E-state index < -0.39 is 28.5 Å². The minimum absolute atomic E-state index is 0.0165. The van der Waals surface area contributed by atoms with Crippen molar-refractivity contribution in [3.8, 4) is 12.1 Å². The predicted octanol–water partition coefficient (Wildman–Crippen LogP) is 0.774. The van der Waals surface area contributed by atoms with E-state index in [9.17, 15) is 14.9 Å². The third kappa shape index (κ3) is 1.81. The third-order valence-electron chi connectivity index (χ3n) is 4.98. The molecule has 1 aromatic carbocycles. The van der Waals surface area contributed by atoms with Gasteiger partial charge in [0, 0.05) is 10.6 Å². The molecule has 0 saturated heterocycles. The fourth-order valence-corrected chi connectivity index (χ4v) is 4.35. The van der Waals surface area contributed by atoms with Crippen molar-refractivity contribution in [3.63, 3.8) is 0 Å². The van der Waals surface area contributed by atoms with Crippen LogP contribution in [0.3, 0.4) is 0 Å². The lowest BCUT2D eigenvalue weighted by molar-refractivity contribution is -0.693. The lowest BCUT2D eigenvalue weighted by Crippen LogP contribution is -2.91. The van der Waals surface area contributed by atoms with E-state index in [4.69, 9.17) is 26.8 Å². The number of nitrogens with one attached hydrogen (secondary N) is 1. The molecule has 1 aliphatic heterocycles. The second-order valence-electron chi connectivity index (χ2n) is 5.93. The number of nitrogens with zero attached hydrogens (tertiary/aromatic N) is 2. The normalized spacial score (nSPS) is 31.6. The summed E-state index contributed by atoms with van der Waals surface area (Å²) in [5.41, 5.74) is 3.11. The zero-order chi connectivity index (χ0) is 18.5. The quantitative estimate of drug-likeness (QED) is 0.752. The van der Waals surface area contributed by atoms with Crippen LogP contribution in [-0.2, 0) is 9.47 Å². The molecule has 6 nitrogen and oxygen atoms in total. The van der Waals surface area contributed by atoms with Crippen LogP contribution in [0.1, 0.15) is 25.3 Å². The highest BCUT2D eigenvalue weighted by atomic mass is 35.5. The van der Waals surface area contributed by atoms with Gasteiger partial charge in [-0.25, -0.2) is 9.38 Å². The van der Waals surface area contributed by atoms with E-state index in [1.807, 2.05) is 0 Å². The molecule has 0 radical (unpaired) electrons. The highest BCUT2D eigenvalue weighted by Crippen LogP contribution is 2.79. The van der Waals surface area contributed by atoms with Gasteiger partial charge in [0.1, 0.15) is 5.82 Å². The first-order valence-corrected chi connectivity index (χ1v) is 8.25. The molecule has 1 aromatic rings. The average molecular weight is 364 g/mol. The van der Waals surface area contributed by atoms with Crippen molar-refractivity contribution in [2.24, 2.45) is 16.6 Å². The largest absolute Gasteiger partial charge is 0.343 e. The van der Waals surface area contributed by atoms with Crippen LogP contribution in [0.25, 0.3) is 0 Å². The summed E-state index contributed by atoms with van der Waals surface area (Å²) in [7, 11) is 0. The summed E-state index contributed by atoms with van der Waals surface area (Å²) in [6, 6.07) is 8.44. The minimum atomic E-state index is -1.65. The summed E-state index contributed by atoms with van der Waals surface area (Å²) in [5, 5.41) is 20.1. The van der Waals surface area contributed by atoms with Gasteiger partial charge < -0.3 is 9.47 Å². The van der Waals surface area contributed by atoms with E-state index in [0.29, 0.717) is 0 Å². The molecule has 0 aromatic heterocycles. The molecule has 0 spiro atoms. The van der Waals surface area contributed by atoms with Crippen LogP contribution in [0.2, 0.25) is 5.02 Å². The Morgan fingerprint density at radius 1 is 1.28 bits per heavy atom. The highest BCUT2D eigenvalue weighted by Gasteiger charge is 2.97. The monoisotopic (exact) mass is 363 g/mol. The van der Waals surface area contributed by atoms with Crippen LogP contribution < -0.4 is 10.7 Å². The Kier molecular flexibility index (Phi) is 4.00. The first-order valence-electron chi connectivity index (χ1n) is 7.87. The lowest BCUT2D eigenvalue weighted by atomic mass is 9.93. The second-order valence-corrected chi connectivity index (χ2v) is 6.34. The number of nitrogens with two attached hydrogens (primary N) is 1. The van der Waals surface area contributed by atoms with Crippen molar-refractivity contribution in [2.45, 2.75) is 25.7 Å². The number of rotatable bonds is 5. The van der Waals surface area contributed by atoms with Gasteiger partial charge in [0.2, 0.25) is 0 Å². The molecule has 0 bridgehead atoms. The van der Waals surface area contributed by atoms with Crippen molar-refractivity contribution in [1.29, 1.82) is 10.5 Å². The van der Waals surface area contributed by atoms with Gasteiger partial charge in [-0.1, -0.05) is 17.7 Å². The lowest BCUT2D eigenvalue weighted by Gasteiger charge is -2.29. The van der Waals surface area contributed by atoms with Crippen LogP contribution in [-0.4, -0.2) is 25.0 Å². The molecule has 1 fully saturated rings. The van der Waals surface area contributed by atoms with Gasteiger partial charge in [0.05, 0.1) is 31.3 Å². The van der Waals surface area contributed by atoms with E-state index in [1.54, 1.807) is 13.8 Å². The van der Waals surface area contributed by atoms with E-state index in [2.05, 4.69) is 17.1 Å². The van der Waals surface area contributed by atoms with Crippen LogP contribution in [0, 0.1) is 39.3 Å². The minimum Gasteiger partial charge on any atom is -0.314 e. The highest BCUT2D eigenvalue weighted by molar-refractivity contribution is 6.31. The molecule has 1 saturated carbocycles. The van der Waals surface area contributed by atoms with Crippen molar-refractivity contribution in [1.82, 2.24) is 0 Å². The van der Waals surface area contributed by atoms with Gasteiger partial charge in [-0.15, -0.1) is 0 Å². The molecular formula is C17H17ClFN4O2+. The number of nitriles is 2. The van der Waals surface area contributed by atoms with Crippen molar-refractivity contribution in [2.75, 3.05) is 13.2 Å². The number of ether oxygens (including phenoxy) is 2. The molecule has 25 heavy (non-hydrogen) atoms. The molecular weight excluding hydrogens is 347 g/mol. The molecule has 1 aliphatic carbocycles. The van der Waals surface area contributed by atoms with E-state index in [-0.39, 0.29) is 29.6 Å². The SMILES string of the molecule is CCOC1(OCC)[NH+]=C(N)[C@@]2(C#N)[C@H](c3c(F)cccc3Cl)[C@@]12C#N. The standard InChI is InChI=1S/C17H16ClFN4O2/c1-3-24-17(25-4-2)16(9-21)13(15(16,8-20)14(22)23-17)12-10(18)6-5-7-11(12)19/h5-7,13H,3-4H2,1-2H3,(H2,22,23)/p+1/t13-,15+,16+/m0/s1. The van der Waals surface area contributed by atoms with Crippen molar-refractivity contribution >= 4 is 17.4 Å². The van der Waals surface area contributed by atoms with Crippen molar-refractivity contribution < 1.29 is 18.9 Å². The maximum absolute atomic E-state index is 14.6. The summed E-state index contributed by atoms with van der Waals surface area (Å²) in [6.07, 6.45) is 0. The van der Waals surface area contributed by atoms with Gasteiger partial charge >= 0.3 is 5.91 Å². The number of hydrogen-bond acceptors (Lipinski definition) is 5. The molecule has 130 valence electrons. The van der Waals surface area contributed by atoms with Crippen molar-refractivity contribution in [3.05, 3.63) is 34.6 Å². The maximum atomic E-state index is 14.6. The number of fused-ring (bicyclic) bond motifs is 1. The second kappa shape index (κ2) is 5.67. The first-order chi connectivity index (χ1) is 11.9. The Bertz CT molecular complexity index is 820. The topological polar surface area (TPSA) is 106 Å². The van der Waals surface area contributed by atoms with Gasteiger partial charge in [-0.3, -0.25) is 5.73 Å². The Balaban J connectivity index is 2.29. The fourth-order valence-electron chi connectivity index (χ4n) is 4.07. The summed E-state index contributed by atoms with van der Waals surface area (Å²) < 4.78 is 26.0. The summed E-state index contributed by atoms with van der Waals surface area (Å²) in [4.78, 5) is 2.83. The maximum Gasteiger partial charge on any atom is 0.343 e. The predicted molar refractivity (Wildman–Crippen MR) is 86.4 cm³/mol. The van der Waals surface area contributed by atoms with Gasteiger partial charge in [-0.05, 0) is 26.0 Å². The first kappa shape index (κ1) is 17.6. The zero-order valence-electron chi connectivity index (χ0n) is 13.8. The number of hydrogen-bond donors (Lipinski definition) is 2. The number of halogens is 2. The Morgan fingerprint density at radius 2 is 1.92 bits per heavy atom.